The van der Waals surface area contributed by atoms with Gasteiger partial charge in [-0.25, -0.2) is 0 Å². The van der Waals surface area contributed by atoms with Gasteiger partial charge < -0.3 is 4.42 Å². The predicted molar refractivity (Wildman–Crippen MR) is 109 cm³/mol. The molecule has 0 atom stereocenters. The maximum Gasteiger partial charge on any atom is 0.135 e. The molecule has 0 aliphatic heterocycles. The molecule has 0 unspecified atom stereocenters. The molecule has 1 aromatic heterocycles. The van der Waals surface area contributed by atoms with Crippen LogP contribution in [0.1, 0.15) is 5.56 Å². The molecular weight excluding hydrogens is 316 g/mol. The molecule has 1 heterocycles. The second kappa shape index (κ2) is 5.89. The molecule has 0 N–H and O–H groups in total. The zero-order chi connectivity index (χ0) is 17.5. The zero-order valence-electron chi connectivity index (χ0n) is 14.6. The van der Waals surface area contributed by atoms with Crippen LogP contribution in [0.5, 0.6) is 0 Å². The minimum Gasteiger partial charge on any atom is -0.456 e. The quantitative estimate of drug-likeness (QED) is 0.332. The van der Waals surface area contributed by atoms with Gasteiger partial charge in [-0.3, -0.25) is 0 Å². The summed E-state index contributed by atoms with van der Waals surface area (Å²) in [6, 6.07) is 31.9. The van der Waals surface area contributed by atoms with Gasteiger partial charge in [0.2, 0.25) is 0 Å². The van der Waals surface area contributed by atoms with Crippen LogP contribution in [0, 0.1) is 6.92 Å². The highest BCUT2D eigenvalue weighted by atomic mass is 16.3. The third-order valence-corrected chi connectivity index (χ3v) is 5.03. The summed E-state index contributed by atoms with van der Waals surface area (Å²) in [5.74, 6) is 0. The van der Waals surface area contributed by atoms with Crippen LogP contribution >= 0.6 is 0 Å². The van der Waals surface area contributed by atoms with Crippen LogP contribution in [-0.2, 0) is 0 Å². The van der Waals surface area contributed by atoms with Crippen molar-refractivity contribution in [2.24, 2.45) is 0 Å². The van der Waals surface area contributed by atoms with Crippen LogP contribution in [0.4, 0.5) is 0 Å². The van der Waals surface area contributed by atoms with Crippen molar-refractivity contribution in [3.8, 4) is 22.3 Å². The van der Waals surface area contributed by atoms with Crippen LogP contribution < -0.4 is 0 Å². The molecule has 0 aliphatic carbocycles. The van der Waals surface area contributed by atoms with E-state index in [4.69, 9.17) is 4.42 Å². The first-order valence-electron chi connectivity index (χ1n) is 8.87. The number of para-hydroxylation sites is 1. The lowest BCUT2D eigenvalue weighted by atomic mass is 9.96. The molecule has 124 valence electrons. The molecule has 1 nitrogen and oxygen atoms in total. The molecule has 5 rings (SSSR count). The molecule has 0 saturated carbocycles. The highest BCUT2D eigenvalue weighted by Gasteiger charge is 2.09. The fourth-order valence-electron chi connectivity index (χ4n) is 3.67. The van der Waals surface area contributed by atoms with Crippen molar-refractivity contribution in [3.63, 3.8) is 0 Å². The second-order valence-corrected chi connectivity index (χ2v) is 6.70. The molecule has 0 spiro atoms. The highest BCUT2D eigenvalue weighted by Crippen LogP contribution is 2.34. The maximum atomic E-state index is 5.95. The van der Waals surface area contributed by atoms with Crippen molar-refractivity contribution in [2.45, 2.75) is 6.92 Å². The van der Waals surface area contributed by atoms with E-state index in [-0.39, 0.29) is 0 Å². The van der Waals surface area contributed by atoms with Gasteiger partial charge in [0.15, 0.2) is 0 Å². The van der Waals surface area contributed by atoms with Gasteiger partial charge >= 0.3 is 0 Å². The van der Waals surface area contributed by atoms with E-state index in [0.29, 0.717) is 0 Å². The summed E-state index contributed by atoms with van der Waals surface area (Å²) in [6.07, 6.45) is 0. The number of rotatable bonds is 2. The van der Waals surface area contributed by atoms with Crippen molar-refractivity contribution >= 4 is 21.9 Å². The standard InChI is InChI=1S/C25H18O/c1-17-7-2-3-10-21(17)20-9-6-8-18(15-20)19-13-14-25-23(16-19)22-11-4-5-12-24(22)26-25/h2-16H,1H3. The summed E-state index contributed by atoms with van der Waals surface area (Å²) < 4.78 is 5.95. The third-order valence-electron chi connectivity index (χ3n) is 5.03. The van der Waals surface area contributed by atoms with Gasteiger partial charge in [-0.2, -0.15) is 0 Å². The monoisotopic (exact) mass is 334 g/mol. The Morgan fingerprint density at radius 1 is 0.538 bits per heavy atom. The molecule has 5 aromatic rings. The van der Waals surface area contributed by atoms with E-state index >= 15 is 0 Å². The third kappa shape index (κ3) is 2.41. The van der Waals surface area contributed by atoms with Crippen molar-refractivity contribution in [3.05, 3.63) is 96.6 Å². The largest absolute Gasteiger partial charge is 0.456 e. The first kappa shape index (κ1) is 15.0. The van der Waals surface area contributed by atoms with Crippen LogP contribution in [0.3, 0.4) is 0 Å². The van der Waals surface area contributed by atoms with Gasteiger partial charge in [-0.15, -0.1) is 0 Å². The lowest BCUT2D eigenvalue weighted by Crippen LogP contribution is -1.84. The molecular formula is C25H18O. The minimum absolute atomic E-state index is 0.935. The van der Waals surface area contributed by atoms with Crippen molar-refractivity contribution < 1.29 is 4.42 Å². The molecule has 0 aliphatic rings. The maximum absolute atomic E-state index is 5.95. The molecule has 0 radical (unpaired) electrons. The number of furan rings is 1. The smallest absolute Gasteiger partial charge is 0.135 e. The number of hydrogen-bond acceptors (Lipinski definition) is 1. The first-order chi connectivity index (χ1) is 12.8. The van der Waals surface area contributed by atoms with E-state index in [1.807, 2.05) is 12.1 Å². The van der Waals surface area contributed by atoms with E-state index in [9.17, 15) is 0 Å². The van der Waals surface area contributed by atoms with E-state index in [1.165, 1.54) is 38.6 Å². The molecule has 26 heavy (non-hydrogen) atoms. The Labute approximate surface area is 152 Å². The second-order valence-electron chi connectivity index (χ2n) is 6.70. The Balaban J connectivity index is 1.67. The molecule has 0 bridgehead atoms. The van der Waals surface area contributed by atoms with Gasteiger partial charge in [0.05, 0.1) is 0 Å². The van der Waals surface area contributed by atoms with Gasteiger partial charge in [-0.05, 0) is 59.0 Å². The fourth-order valence-corrected chi connectivity index (χ4v) is 3.67. The number of aryl methyl sites for hydroxylation is 1. The Bertz CT molecular complexity index is 1240. The van der Waals surface area contributed by atoms with Gasteiger partial charge in [0.1, 0.15) is 11.2 Å². The van der Waals surface area contributed by atoms with E-state index in [1.54, 1.807) is 0 Å². The van der Waals surface area contributed by atoms with Crippen LogP contribution in [0.25, 0.3) is 44.2 Å². The van der Waals surface area contributed by atoms with E-state index in [2.05, 4.69) is 85.8 Å². The summed E-state index contributed by atoms with van der Waals surface area (Å²) in [5, 5.41) is 2.33. The highest BCUT2D eigenvalue weighted by molar-refractivity contribution is 6.06. The summed E-state index contributed by atoms with van der Waals surface area (Å²) in [7, 11) is 0. The molecule has 0 amide bonds. The Hall–Kier alpha value is -3.32. The normalized spacial score (nSPS) is 11.3. The van der Waals surface area contributed by atoms with Crippen molar-refractivity contribution in [2.75, 3.05) is 0 Å². The van der Waals surface area contributed by atoms with Crippen LogP contribution in [0.2, 0.25) is 0 Å². The molecule has 4 aromatic carbocycles. The average molecular weight is 334 g/mol. The van der Waals surface area contributed by atoms with E-state index in [0.717, 1.165) is 11.2 Å². The van der Waals surface area contributed by atoms with Gasteiger partial charge in [0.25, 0.3) is 0 Å². The Kier molecular flexibility index (Phi) is 3.39. The Morgan fingerprint density at radius 2 is 1.27 bits per heavy atom. The lowest BCUT2D eigenvalue weighted by molar-refractivity contribution is 0.669. The summed E-state index contributed by atoms with van der Waals surface area (Å²) in [4.78, 5) is 0. The fraction of sp³-hybridized carbons (Fsp3) is 0.0400. The Morgan fingerprint density at radius 3 is 2.19 bits per heavy atom. The molecule has 0 fully saturated rings. The minimum atomic E-state index is 0.935. The topological polar surface area (TPSA) is 13.1 Å². The van der Waals surface area contributed by atoms with E-state index < -0.39 is 0 Å². The number of benzene rings is 4. The molecule has 0 saturated heterocycles. The van der Waals surface area contributed by atoms with Gasteiger partial charge in [-0.1, -0.05) is 66.7 Å². The zero-order valence-corrected chi connectivity index (χ0v) is 14.6. The summed E-state index contributed by atoms with van der Waals surface area (Å²) in [5.41, 5.74) is 8.12. The first-order valence-corrected chi connectivity index (χ1v) is 8.87. The van der Waals surface area contributed by atoms with Crippen molar-refractivity contribution in [1.29, 1.82) is 0 Å². The van der Waals surface area contributed by atoms with Crippen LogP contribution in [0.15, 0.2) is 95.4 Å². The van der Waals surface area contributed by atoms with Crippen LogP contribution in [-0.4, -0.2) is 0 Å². The lowest BCUT2D eigenvalue weighted by Gasteiger charge is -2.08. The van der Waals surface area contributed by atoms with Gasteiger partial charge in [0, 0.05) is 10.8 Å². The summed E-state index contributed by atoms with van der Waals surface area (Å²) >= 11 is 0. The summed E-state index contributed by atoms with van der Waals surface area (Å²) in [6.45, 7) is 2.16. The predicted octanol–water partition coefficient (Wildman–Crippen LogP) is 7.23. The van der Waals surface area contributed by atoms with Crippen molar-refractivity contribution in [1.82, 2.24) is 0 Å². The SMILES string of the molecule is Cc1ccccc1-c1cccc(-c2ccc3oc4ccccc4c3c2)c1. The molecule has 1 heteroatoms. The average Bonchev–Trinajstić information content (AvgIpc) is 3.06. The number of fused-ring (bicyclic) bond motifs is 3. The number of hydrogen-bond donors (Lipinski definition) is 0.